The van der Waals surface area contributed by atoms with Crippen molar-refractivity contribution in [3.8, 4) is 0 Å². The second kappa shape index (κ2) is 26.6. The summed E-state index contributed by atoms with van der Waals surface area (Å²) in [6, 6.07) is 21.6. The Kier molecular flexibility index (Phi) is 29.6. The summed E-state index contributed by atoms with van der Waals surface area (Å²) >= 11 is 0. The molecule has 40 heavy (non-hydrogen) atoms. The molecule has 3 aromatic rings. The molecule has 3 rings (SSSR count). The summed E-state index contributed by atoms with van der Waals surface area (Å²) in [5.74, 6) is 0. The van der Waals surface area contributed by atoms with Crippen molar-refractivity contribution in [1.82, 2.24) is 0 Å². The fraction of sp³-hybridized carbons (Fsp3) is 0.500. The Morgan fingerprint density at radius 2 is 1.00 bits per heavy atom. The van der Waals surface area contributed by atoms with Crippen molar-refractivity contribution in [2.75, 3.05) is 0 Å². The molecule has 0 heterocycles. The molecule has 0 amide bonds. The molecule has 0 unspecified atom stereocenters. The van der Waals surface area contributed by atoms with E-state index in [0.29, 0.717) is 0 Å². The molecule has 0 saturated heterocycles. The Labute approximate surface area is 253 Å². The van der Waals surface area contributed by atoms with Crippen molar-refractivity contribution in [2.45, 2.75) is 136 Å². The van der Waals surface area contributed by atoms with Gasteiger partial charge >= 0.3 is 0 Å². The zero-order valence-corrected chi connectivity index (χ0v) is 30.2. The predicted octanol–water partition coefficient (Wildman–Crippen LogP) is 13.6. The Morgan fingerprint density at radius 3 is 1.32 bits per heavy atom. The minimum atomic E-state index is 0.276. The van der Waals surface area contributed by atoms with Crippen LogP contribution in [0.4, 0.5) is 0 Å². The molecule has 0 N–H and O–H groups in total. The average molecular weight is 549 g/mol. The molecule has 3 aromatic carbocycles. The van der Waals surface area contributed by atoms with Gasteiger partial charge in [-0.1, -0.05) is 156 Å². The van der Waals surface area contributed by atoms with Crippen LogP contribution in [-0.4, -0.2) is 0 Å². The van der Waals surface area contributed by atoms with Crippen LogP contribution in [0.25, 0.3) is 5.57 Å². The molecule has 0 bridgehead atoms. The van der Waals surface area contributed by atoms with E-state index >= 15 is 0 Å². The van der Waals surface area contributed by atoms with E-state index in [9.17, 15) is 0 Å². The minimum absolute atomic E-state index is 0.276. The lowest BCUT2D eigenvalue weighted by Gasteiger charge is -2.19. The van der Waals surface area contributed by atoms with Crippen molar-refractivity contribution in [3.05, 3.63) is 112 Å². The van der Waals surface area contributed by atoms with Gasteiger partial charge in [0.2, 0.25) is 0 Å². The van der Waals surface area contributed by atoms with Gasteiger partial charge in [-0.3, -0.25) is 0 Å². The van der Waals surface area contributed by atoms with E-state index in [4.69, 9.17) is 0 Å². The number of allylic oxidation sites excluding steroid dienone is 1. The molecule has 0 aromatic heterocycles. The summed E-state index contributed by atoms with van der Waals surface area (Å²) in [4.78, 5) is 0. The Balaban J connectivity index is -0.000000217. The lowest BCUT2D eigenvalue weighted by Crippen LogP contribution is -2.11. The number of hydrogen-bond donors (Lipinski definition) is 0. The van der Waals surface area contributed by atoms with Gasteiger partial charge < -0.3 is 0 Å². The lowest BCUT2D eigenvalue weighted by molar-refractivity contribution is 0.589. The Bertz CT molecular complexity index is 1010. The fourth-order valence-electron chi connectivity index (χ4n) is 3.22. The van der Waals surface area contributed by atoms with Crippen LogP contribution >= 0.6 is 0 Å². The summed E-state index contributed by atoms with van der Waals surface area (Å²) in [6.45, 7) is 41.6. The molecule has 0 heteroatoms. The molecule has 0 aliphatic carbocycles. The van der Waals surface area contributed by atoms with E-state index < -0.39 is 0 Å². The highest BCUT2D eigenvalue weighted by Crippen LogP contribution is 2.23. The van der Waals surface area contributed by atoms with Gasteiger partial charge in [-0.05, 0) is 97.9 Å². The number of hydrogen-bond acceptors (Lipinski definition) is 0. The minimum Gasteiger partial charge on any atom is -0.0955 e. The highest BCUT2D eigenvalue weighted by Gasteiger charge is 2.13. The maximum atomic E-state index is 3.90. The summed E-state index contributed by atoms with van der Waals surface area (Å²) in [5.41, 5.74) is 12.4. The molecule has 0 spiro atoms. The second-order valence-corrected chi connectivity index (χ2v) is 9.91. The first kappa shape index (κ1) is 44.4. The first-order valence-corrected chi connectivity index (χ1v) is 15.7. The summed E-state index contributed by atoms with van der Waals surface area (Å²) in [6.07, 6.45) is 1.15. The topological polar surface area (TPSA) is 0 Å². The summed E-state index contributed by atoms with van der Waals surface area (Å²) < 4.78 is 0. The molecule has 0 nitrogen and oxygen atoms in total. The Morgan fingerprint density at radius 1 is 0.575 bits per heavy atom. The van der Waals surface area contributed by atoms with Gasteiger partial charge in [-0.2, -0.15) is 0 Å². The van der Waals surface area contributed by atoms with Crippen LogP contribution in [0.2, 0.25) is 0 Å². The summed E-state index contributed by atoms with van der Waals surface area (Å²) in [5, 5.41) is 0. The van der Waals surface area contributed by atoms with E-state index in [2.05, 4.69) is 130 Å². The number of benzene rings is 3. The maximum Gasteiger partial charge on any atom is -0.0132 e. The van der Waals surface area contributed by atoms with Crippen LogP contribution in [-0.2, 0) is 11.8 Å². The van der Waals surface area contributed by atoms with Crippen molar-refractivity contribution in [3.63, 3.8) is 0 Å². The van der Waals surface area contributed by atoms with Crippen LogP contribution < -0.4 is 0 Å². The third-order valence-corrected chi connectivity index (χ3v) is 6.01. The van der Waals surface area contributed by atoms with Gasteiger partial charge in [-0.25, -0.2) is 0 Å². The van der Waals surface area contributed by atoms with E-state index in [1.165, 1.54) is 44.5 Å². The van der Waals surface area contributed by atoms with Crippen molar-refractivity contribution >= 4 is 5.57 Å². The molecule has 0 fully saturated rings. The predicted molar refractivity (Wildman–Crippen MR) is 191 cm³/mol. The molecule has 0 radical (unpaired) electrons. The molecule has 0 atom stereocenters. The number of rotatable bonds is 2. The van der Waals surface area contributed by atoms with E-state index in [0.717, 1.165) is 12.0 Å². The molecule has 0 aliphatic heterocycles. The molecule has 0 aliphatic rings. The van der Waals surface area contributed by atoms with E-state index in [1.54, 1.807) is 0 Å². The lowest BCUT2D eigenvalue weighted by atomic mass is 9.85. The van der Waals surface area contributed by atoms with Crippen molar-refractivity contribution < 1.29 is 0 Å². The number of aryl methyl sites for hydroxylation is 6. The molecular weight excluding hydrogens is 480 g/mol. The monoisotopic (exact) mass is 549 g/mol. The molecular formula is C40H68. The van der Waals surface area contributed by atoms with Gasteiger partial charge in [0, 0.05) is 0 Å². The highest BCUT2D eigenvalue weighted by atomic mass is 14.2. The van der Waals surface area contributed by atoms with Gasteiger partial charge in [0.25, 0.3) is 0 Å². The Hall–Kier alpha value is -2.60. The van der Waals surface area contributed by atoms with Crippen LogP contribution in [0.3, 0.4) is 0 Å². The quantitative estimate of drug-likeness (QED) is 0.299. The van der Waals surface area contributed by atoms with Crippen LogP contribution in [0.15, 0.2) is 67.2 Å². The standard InChI is InChI=1S/C12H18.C11H14.C9H12.4C2H6/c1-9-6-7-11(8-10(9)2)12(3,4)5;1-8(2)11-6-5-9(3)10(4)7-11;1-3-9-7-5-4-6-8(9)2;4*1-2/h6-8H,1-5H3;5-7H,1H2,2-4H3;4-7H,3H2,1-2H3;4*1-2H3. The third-order valence-electron chi connectivity index (χ3n) is 6.01. The first-order valence-electron chi connectivity index (χ1n) is 15.7. The van der Waals surface area contributed by atoms with Gasteiger partial charge in [-0.15, -0.1) is 0 Å². The van der Waals surface area contributed by atoms with Crippen LogP contribution in [0, 0.1) is 34.6 Å². The van der Waals surface area contributed by atoms with Gasteiger partial charge in [0.15, 0.2) is 0 Å². The summed E-state index contributed by atoms with van der Waals surface area (Å²) in [7, 11) is 0. The molecule has 228 valence electrons. The van der Waals surface area contributed by atoms with E-state index in [1.807, 2.05) is 62.3 Å². The zero-order valence-electron chi connectivity index (χ0n) is 30.2. The highest BCUT2D eigenvalue weighted by molar-refractivity contribution is 5.62. The molecule has 0 saturated carbocycles. The van der Waals surface area contributed by atoms with Gasteiger partial charge in [0.05, 0.1) is 0 Å². The van der Waals surface area contributed by atoms with Crippen molar-refractivity contribution in [1.29, 1.82) is 0 Å². The van der Waals surface area contributed by atoms with Crippen LogP contribution in [0.1, 0.15) is 135 Å². The third kappa shape index (κ3) is 19.5. The average Bonchev–Trinajstić information content (AvgIpc) is 2.96. The SMILES string of the molecule is C=C(C)c1ccc(C)c(C)c1.CC.CC.CC.CC.CCc1ccccc1C.Cc1ccc(C(C)(C)C)cc1C. The second-order valence-electron chi connectivity index (χ2n) is 9.91. The zero-order chi connectivity index (χ0) is 32.5. The van der Waals surface area contributed by atoms with Crippen molar-refractivity contribution in [2.24, 2.45) is 0 Å². The van der Waals surface area contributed by atoms with E-state index in [-0.39, 0.29) is 5.41 Å². The fourth-order valence-corrected chi connectivity index (χ4v) is 3.22. The van der Waals surface area contributed by atoms with Crippen LogP contribution in [0.5, 0.6) is 0 Å². The smallest absolute Gasteiger partial charge is 0.0132 e. The normalized spacial score (nSPS) is 8.95. The maximum absolute atomic E-state index is 3.90. The first-order chi connectivity index (χ1) is 18.9. The largest absolute Gasteiger partial charge is 0.0955 e. The van der Waals surface area contributed by atoms with Gasteiger partial charge in [0.1, 0.15) is 0 Å².